The number of aliphatic hydroxyl groups excluding tert-OH is 3. The molecule has 10 heteroatoms. The van der Waals surface area contributed by atoms with Gasteiger partial charge in [0, 0.05) is 7.05 Å². The first-order valence-electron chi connectivity index (χ1n) is 5.62. The number of carbonyl (C=O) groups excluding carboxylic acids is 1. The van der Waals surface area contributed by atoms with Crippen molar-refractivity contribution in [3.8, 4) is 0 Å². The number of ether oxygens (including phenoxy) is 1. The molecule has 1 saturated heterocycles. The fourth-order valence-corrected chi connectivity index (χ4v) is 2.03. The van der Waals surface area contributed by atoms with Crippen LogP contribution in [0, 0.1) is 0 Å². The van der Waals surface area contributed by atoms with E-state index in [9.17, 15) is 15.0 Å². The fraction of sp³-hybridized carbons (Fsp3) is 0.778. The third-order valence-electron chi connectivity index (χ3n) is 3.10. The average molecular weight is 276 g/mol. The summed E-state index contributed by atoms with van der Waals surface area (Å²) in [6.45, 7) is -0.475. The Labute approximate surface area is 108 Å². The summed E-state index contributed by atoms with van der Waals surface area (Å²) in [6, 6.07) is -0.732. The molecule has 2 rings (SSSR count). The lowest BCUT2D eigenvalue weighted by Crippen LogP contribution is -2.56. The zero-order valence-electron chi connectivity index (χ0n) is 10.2. The Kier molecular flexibility index (Phi) is 3.87. The zero-order chi connectivity index (χ0) is 14.2. The highest BCUT2D eigenvalue weighted by atomic mass is 16.6. The number of urea groups is 1. The second-order valence-corrected chi connectivity index (χ2v) is 4.37. The van der Waals surface area contributed by atoms with E-state index in [-0.39, 0.29) is 12.6 Å². The average Bonchev–Trinajstić information content (AvgIpc) is 2.68. The predicted octanol–water partition coefficient (Wildman–Crippen LogP) is -2.91. The van der Waals surface area contributed by atoms with Crippen molar-refractivity contribution in [2.75, 3.05) is 20.3 Å². The summed E-state index contributed by atoms with van der Waals surface area (Å²) in [5.74, 6) is -0.0343. The summed E-state index contributed by atoms with van der Waals surface area (Å²) in [4.78, 5) is 17.8. The van der Waals surface area contributed by atoms with Crippen LogP contribution in [0.25, 0.3) is 0 Å². The first kappa shape index (κ1) is 14.0. The summed E-state index contributed by atoms with van der Waals surface area (Å²) in [6.07, 6.45) is -4.69. The van der Waals surface area contributed by atoms with Gasteiger partial charge in [0.15, 0.2) is 6.23 Å². The number of aliphatic imine (C=N–C) groups is 1. The molecule has 19 heavy (non-hydrogen) atoms. The van der Waals surface area contributed by atoms with Gasteiger partial charge >= 0.3 is 6.03 Å². The van der Waals surface area contributed by atoms with Crippen molar-refractivity contribution in [3.63, 3.8) is 0 Å². The highest BCUT2D eigenvalue weighted by Crippen LogP contribution is 2.25. The molecule has 0 unspecified atom stereocenters. The second kappa shape index (κ2) is 5.27. The molecular formula is C9H16N4O6. The highest BCUT2D eigenvalue weighted by molar-refractivity contribution is 5.93. The van der Waals surface area contributed by atoms with Crippen LogP contribution in [0.1, 0.15) is 0 Å². The van der Waals surface area contributed by atoms with Crippen LogP contribution in [-0.2, 0) is 4.74 Å². The third kappa shape index (κ3) is 2.35. The Balaban J connectivity index is 2.15. The summed E-state index contributed by atoms with van der Waals surface area (Å²) >= 11 is 0. The second-order valence-electron chi connectivity index (χ2n) is 4.37. The maximum atomic E-state index is 11.8. The molecule has 10 nitrogen and oxygen atoms in total. The van der Waals surface area contributed by atoms with E-state index in [0.29, 0.717) is 0 Å². The van der Waals surface area contributed by atoms with Crippen LogP contribution in [-0.4, -0.2) is 87.2 Å². The van der Waals surface area contributed by atoms with Gasteiger partial charge in [-0.15, -0.1) is 0 Å². The number of carbonyl (C=O) groups is 1. The van der Waals surface area contributed by atoms with Crippen LogP contribution in [0.15, 0.2) is 4.99 Å². The van der Waals surface area contributed by atoms with E-state index in [1.54, 1.807) is 12.5 Å². The number of hydroxylamine groups is 1. The van der Waals surface area contributed by atoms with Crippen molar-refractivity contribution in [2.24, 2.45) is 4.99 Å². The third-order valence-corrected chi connectivity index (χ3v) is 3.10. The van der Waals surface area contributed by atoms with Gasteiger partial charge in [-0.25, -0.2) is 10.3 Å². The Morgan fingerprint density at radius 1 is 1.47 bits per heavy atom. The minimum atomic E-state index is -1.34. The van der Waals surface area contributed by atoms with Gasteiger partial charge in [-0.2, -0.15) is 4.99 Å². The first-order chi connectivity index (χ1) is 8.99. The number of amides is 2. The van der Waals surface area contributed by atoms with Crippen molar-refractivity contribution < 1.29 is 30.1 Å². The van der Waals surface area contributed by atoms with Gasteiger partial charge in [-0.3, -0.25) is 10.1 Å². The van der Waals surface area contributed by atoms with E-state index < -0.39 is 37.2 Å². The van der Waals surface area contributed by atoms with Crippen molar-refractivity contribution in [1.82, 2.24) is 15.3 Å². The predicted molar refractivity (Wildman–Crippen MR) is 60.0 cm³/mol. The molecule has 2 heterocycles. The molecule has 0 spiro atoms. The molecule has 2 amide bonds. The van der Waals surface area contributed by atoms with Crippen molar-refractivity contribution in [2.45, 2.75) is 24.5 Å². The van der Waals surface area contributed by atoms with Gasteiger partial charge in [0.2, 0.25) is 5.96 Å². The lowest BCUT2D eigenvalue weighted by atomic mass is 10.1. The quantitative estimate of drug-likeness (QED) is 0.338. The van der Waals surface area contributed by atoms with Gasteiger partial charge in [-0.05, 0) is 0 Å². The molecule has 0 aromatic rings. The van der Waals surface area contributed by atoms with Gasteiger partial charge in [0.05, 0.1) is 6.61 Å². The summed E-state index contributed by atoms with van der Waals surface area (Å²) in [7, 11) is 1.56. The molecule has 0 saturated carbocycles. The minimum absolute atomic E-state index is 0.00216. The molecule has 4 atom stereocenters. The molecule has 0 bridgehead atoms. The van der Waals surface area contributed by atoms with E-state index in [1.807, 2.05) is 0 Å². The standard InChI is InChI=1S/C9H16N4O6/c1-12-3-13(9(17)10-8(12)11-18)7-6(16)5(15)4(2-14)19-7/h4-7,14-16,18H,2-3H2,1H3,(H,10,11,17)/t4-,5-,6-,7-/m1/s1. The van der Waals surface area contributed by atoms with Gasteiger partial charge < -0.3 is 25.0 Å². The Bertz CT molecular complexity index is 391. The minimum Gasteiger partial charge on any atom is -0.394 e. The molecule has 5 N–H and O–H groups in total. The highest BCUT2D eigenvalue weighted by Gasteiger charge is 2.47. The summed E-state index contributed by atoms with van der Waals surface area (Å²) in [5, 5.41) is 37.2. The van der Waals surface area contributed by atoms with Crippen LogP contribution in [0.3, 0.4) is 0 Å². The zero-order valence-corrected chi connectivity index (χ0v) is 10.2. The molecule has 0 aliphatic carbocycles. The Hall–Kier alpha value is -1.46. The Morgan fingerprint density at radius 2 is 2.16 bits per heavy atom. The van der Waals surface area contributed by atoms with E-state index in [1.165, 1.54) is 4.90 Å². The molecule has 0 aromatic heterocycles. The van der Waals surface area contributed by atoms with Crippen molar-refractivity contribution in [1.29, 1.82) is 0 Å². The molecule has 108 valence electrons. The van der Waals surface area contributed by atoms with Gasteiger partial charge in [0.1, 0.15) is 25.0 Å². The van der Waals surface area contributed by atoms with Crippen LogP contribution >= 0.6 is 0 Å². The van der Waals surface area contributed by atoms with Crippen LogP contribution in [0.5, 0.6) is 0 Å². The van der Waals surface area contributed by atoms with Crippen LogP contribution in [0.4, 0.5) is 4.79 Å². The number of nitrogens with zero attached hydrogens (tertiary/aromatic N) is 3. The lowest BCUT2D eigenvalue weighted by Gasteiger charge is -2.36. The molecule has 1 fully saturated rings. The van der Waals surface area contributed by atoms with Gasteiger partial charge in [-0.1, -0.05) is 0 Å². The number of aliphatic hydroxyl groups is 3. The Morgan fingerprint density at radius 3 is 2.68 bits per heavy atom. The van der Waals surface area contributed by atoms with Crippen molar-refractivity contribution in [3.05, 3.63) is 0 Å². The normalized spacial score (nSPS) is 35.6. The monoisotopic (exact) mass is 276 g/mol. The number of hydrogen-bond donors (Lipinski definition) is 5. The molecule has 0 aromatic carbocycles. The topological polar surface area (TPSA) is 138 Å². The first-order valence-corrected chi connectivity index (χ1v) is 5.62. The summed E-state index contributed by atoms with van der Waals surface area (Å²) in [5.41, 5.74) is 1.77. The van der Waals surface area contributed by atoms with Crippen molar-refractivity contribution >= 4 is 12.0 Å². The summed E-state index contributed by atoms with van der Waals surface area (Å²) < 4.78 is 5.24. The maximum absolute atomic E-state index is 11.8. The number of hydrogen-bond acceptors (Lipinski definition) is 8. The molecular weight excluding hydrogens is 260 g/mol. The number of rotatable bonds is 2. The maximum Gasteiger partial charge on any atom is 0.350 e. The van der Waals surface area contributed by atoms with E-state index in [4.69, 9.17) is 15.1 Å². The van der Waals surface area contributed by atoms with Crippen LogP contribution in [0.2, 0.25) is 0 Å². The fourth-order valence-electron chi connectivity index (χ4n) is 2.03. The number of guanidine groups is 1. The molecule has 2 aliphatic heterocycles. The largest absolute Gasteiger partial charge is 0.394 e. The van der Waals surface area contributed by atoms with Gasteiger partial charge in [0.25, 0.3) is 0 Å². The SMILES string of the molecule is CN1CN([C@@H]2O[C@H](CO)[C@@H](O)[C@H]2O)C(=O)N=C1NO. The van der Waals surface area contributed by atoms with E-state index in [0.717, 1.165) is 4.90 Å². The molecule has 2 aliphatic rings. The smallest absolute Gasteiger partial charge is 0.350 e. The van der Waals surface area contributed by atoms with Crippen LogP contribution < -0.4 is 5.48 Å². The van der Waals surface area contributed by atoms with E-state index >= 15 is 0 Å². The lowest BCUT2D eigenvalue weighted by molar-refractivity contribution is -0.0873. The number of nitrogens with one attached hydrogen (secondary N) is 1. The molecule has 0 radical (unpaired) electrons. The van der Waals surface area contributed by atoms with E-state index in [2.05, 4.69) is 4.99 Å².